The third-order valence-electron chi connectivity index (χ3n) is 3.06. The molecule has 2 aromatic carbocycles. The van der Waals surface area contributed by atoms with Crippen LogP contribution in [0, 0.1) is 0 Å². The summed E-state index contributed by atoms with van der Waals surface area (Å²) in [6, 6.07) is 18.0. The molecule has 3 nitrogen and oxygen atoms in total. The molecule has 0 aromatic heterocycles. The van der Waals surface area contributed by atoms with Gasteiger partial charge in [0.15, 0.2) is 10.1 Å². The van der Waals surface area contributed by atoms with E-state index in [1.807, 2.05) is 36.4 Å². The summed E-state index contributed by atoms with van der Waals surface area (Å²) in [5.41, 5.74) is 1.34. The number of halogens is 1. The number of carbonyl (C=O) groups is 2. The maximum absolute atomic E-state index is 12.4. The van der Waals surface area contributed by atoms with E-state index in [9.17, 15) is 9.59 Å². The summed E-state index contributed by atoms with van der Waals surface area (Å²) in [4.78, 5) is 24.5. The van der Waals surface area contributed by atoms with Gasteiger partial charge in [-0.05, 0) is 12.5 Å². The van der Waals surface area contributed by atoms with Gasteiger partial charge in [0.1, 0.15) is 6.61 Å². The number of hydrogen-bond acceptors (Lipinski definition) is 3. The van der Waals surface area contributed by atoms with Gasteiger partial charge in [-0.25, -0.2) is 0 Å². The minimum atomic E-state index is -1.39. The molecular formula is C17H15BrO3. The predicted octanol–water partition coefficient (Wildman–Crippen LogP) is 3.77. The van der Waals surface area contributed by atoms with Crippen molar-refractivity contribution in [1.29, 1.82) is 0 Å². The first-order valence-electron chi connectivity index (χ1n) is 6.51. The molecule has 0 aliphatic heterocycles. The summed E-state index contributed by atoms with van der Waals surface area (Å²) in [6.45, 7) is 1.65. The Morgan fingerprint density at radius 1 is 1.00 bits per heavy atom. The smallest absolute Gasteiger partial charge is 0.330 e. The van der Waals surface area contributed by atoms with Gasteiger partial charge in [0, 0.05) is 5.56 Å². The maximum atomic E-state index is 12.4. The van der Waals surface area contributed by atoms with E-state index in [0.717, 1.165) is 5.56 Å². The third kappa shape index (κ3) is 3.79. The highest BCUT2D eigenvalue weighted by Gasteiger charge is 2.40. The summed E-state index contributed by atoms with van der Waals surface area (Å²) in [5.74, 6) is -0.915. The highest BCUT2D eigenvalue weighted by atomic mass is 79.9. The molecule has 0 N–H and O–H groups in total. The van der Waals surface area contributed by atoms with Crippen LogP contribution >= 0.6 is 15.9 Å². The van der Waals surface area contributed by atoms with Gasteiger partial charge in [-0.1, -0.05) is 76.6 Å². The SMILES string of the molecule is CC(Br)(C(=O)OCc1ccccc1)C(=O)c1ccccc1. The summed E-state index contributed by atoms with van der Waals surface area (Å²) in [6.07, 6.45) is 0. The average molecular weight is 347 g/mol. The van der Waals surface area contributed by atoms with Crippen molar-refractivity contribution in [3.05, 3.63) is 71.8 Å². The van der Waals surface area contributed by atoms with Crippen molar-refractivity contribution in [2.24, 2.45) is 0 Å². The minimum Gasteiger partial charge on any atom is -0.459 e. The number of ether oxygens (including phenoxy) is 1. The minimum absolute atomic E-state index is 0.142. The average Bonchev–Trinajstić information content (AvgIpc) is 2.53. The van der Waals surface area contributed by atoms with Gasteiger partial charge in [-0.15, -0.1) is 0 Å². The number of esters is 1. The van der Waals surface area contributed by atoms with Crippen LogP contribution in [0.5, 0.6) is 0 Å². The van der Waals surface area contributed by atoms with Crippen molar-refractivity contribution in [3.8, 4) is 0 Å². The monoisotopic (exact) mass is 346 g/mol. The topological polar surface area (TPSA) is 43.4 Å². The van der Waals surface area contributed by atoms with Crippen molar-refractivity contribution in [2.75, 3.05) is 0 Å². The molecule has 2 rings (SSSR count). The van der Waals surface area contributed by atoms with Crippen LogP contribution in [0.15, 0.2) is 60.7 Å². The van der Waals surface area contributed by atoms with Gasteiger partial charge in [0.2, 0.25) is 0 Å². The first kappa shape index (κ1) is 15.4. The van der Waals surface area contributed by atoms with Crippen molar-refractivity contribution < 1.29 is 14.3 Å². The van der Waals surface area contributed by atoms with Crippen molar-refractivity contribution in [3.63, 3.8) is 0 Å². The zero-order valence-electron chi connectivity index (χ0n) is 11.6. The van der Waals surface area contributed by atoms with E-state index in [0.29, 0.717) is 5.56 Å². The molecule has 0 aliphatic carbocycles. The predicted molar refractivity (Wildman–Crippen MR) is 84.3 cm³/mol. The number of benzene rings is 2. The van der Waals surface area contributed by atoms with E-state index in [1.54, 1.807) is 24.3 Å². The van der Waals surface area contributed by atoms with Crippen LogP contribution in [0.3, 0.4) is 0 Å². The zero-order chi connectivity index (χ0) is 15.3. The number of rotatable bonds is 5. The van der Waals surface area contributed by atoms with Gasteiger partial charge in [0.05, 0.1) is 0 Å². The summed E-state index contributed by atoms with van der Waals surface area (Å²) < 4.78 is 3.84. The third-order valence-corrected chi connectivity index (χ3v) is 3.74. The Morgan fingerprint density at radius 2 is 1.52 bits per heavy atom. The fourth-order valence-electron chi connectivity index (χ4n) is 1.81. The van der Waals surface area contributed by atoms with Crippen LogP contribution in [0.1, 0.15) is 22.8 Å². The lowest BCUT2D eigenvalue weighted by molar-refractivity contribution is -0.145. The molecule has 0 heterocycles. The second-order valence-electron chi connectivity index (χ2n) is 4.76. The molecule has 0 saturated carbocycles. The van der Waals surface area contributed by atoms with E-state index in [-0.39, 0.29) is 12.4 Å². The van der Waals surface area contributed by atoms with Crippen LogP contribution in [-0.4, -0.2) is 16.1 Å². The molecule has 21 heavy (non-hydrogen) atoms. The van der Waals surface area contributed by atoms with E-state index in [2.05, 4.69) is 15.9 Å². The fourth-order valence-corrected chi connectivity index (χ4v) is 2.16. The molecule has 1 atom stereocenters. The van der Waals surface area contributed by atoms with E-state index < -0.39 is 10.3 Å². The Bertz CT molecular complexity index is 621. The number of alkyl halides is 1. The van der Waals surface area contributed by atoms with Crippen molar-refractivity contribution in [1.82, 2.24) is 0 Å². The highest BCUT2D eigenvalue weighted by molar-refractivity contribution is 9.10. The molecule has 0 radical (unpaired) electrons. The Kier molecular flexibility index (Phi) is 4.91. The lowest BCUT2D eigenvalue weighted by Gasteiger charge is -2.19. The van der Waals surface area contributed by atoms with Gasteiger partial charge in [0.25, 0.3) is 0 Å². The number of hydrogen-bond donors (Lipinski definition) is 0. The molecular weight excluding hydrogens is 332 g/mol. The van der Waals surface area contributed by atoms with Gasteiger partial charge >= 0.3 is 5.97 Å². The molecule has 0 aliphatic rings. The normalized spacial score (nSPS) is 13.2. The molecule has 0 saturated heterocycles. The van der Waals surface area contributed by atoms with Gasteiger partial charge < -0.3 is 4.74 Å². The second kappa shape index (κ2) is 6.68. The van der Waals surface area contributed by atoms with Crippen LogP contribution in [-0.2, 0) is 16.1 Å². The summed E-state index contributed by atoms with van der Waals surface area (Å²) in [5, 5.41) is 0. The first-order chi connectivity index (χ1) is 10.0. The van der Waals surface area contributed by atoms with Crippen LogP contribution < -0.4 is 0 Å². The second-order valence-corrected chi connectivity index (χ2v) is 6.35. The van der Waals surface area contributed by atoms with E-state index in [1.165, 1.54) is 6.92 Å². The molecule has 0 amide bonds. The summed E-state index contributed by atoms with van der Waals surface area (Å²) in [7, 11) is 0. The Morgan fingerprint density at radius 3 is 2.10 bits per heavy atom. The Labute approximate surface area is 132 Å². The summed E-state index contributed by atoms with van der Waals surface area (Å²) >= 11 is 3.20. The number of carbonyl (C=O) groups excluding carboxylic acids is 2. The highest BCUT2D eigenvalue weighted by Crippen LogP contribution is 2.25. The molecule has 0 bridgehead atoms. The lowest BCUT2D eigenvalue weighted by atomic mass is 9.99. The fraction of sp³-hybridized carbons (Fsp3) is 0.176. The first-order valence-corrected chi connectivity index (χ1v) is 7.31. The molecule has 1 unspecified atom stereocenters. The largest absolute Gasteiger partial charge is 0.459 e. The Hall–Kier alpha value is -1.94. The van der Waals surface area contributed by atoms with E-state index in [4.69, 9.17) is 4.74 Å². The van der Waals surface area contributed by atoms with Gasteiger partial charge in [-0.3, -0.25) is 9.59 Å². The van der Waals surface area contributed by atoms with Crippen LogP contribution in [0.25, 0.3) is 0 Å². The number of Topliss-reactive ketones (excluding diaryl/α,β-unsaturated/α-hetero) is 1. The lowest BCUT2D eigenvalue weighted by Crippen LogP contribution is -2.39. The van der Waals surface area contributed by atoms with Crippen LogP contribution in [0.2, 0.25) is 0 Å². The molecule has 2 aromatic rings. The van der Waals surface area contributed by atoms with Gasteiger partial charge in [-0.2, -0.15) is 0 Å². The number of ketones is 1. The Balaban J connectivity index is 2.05. The van der Waals surface area contributed by atoms with Crippen molar-refractivity contribution in [2.45, 2.75) is 17.9 Å². The maximum Gasteiger partial charge on any atom is 0.330 e. The van der Waals surface area contributed by atoms with E-state index >= 15 is 0 Å². The molecule has 4 heteroatoms. The quantitative estimate of drug-likeness (QED) is 0.358. The molecule has 0 fully saturated rings. The molecule has 0 spiro atoms. The molecule has 108 valence electrons. The standard InChI is InChI=1S/C17H15BrO3/c1-17(18,15(19)14-10-6-3-7-11-14)16(20)21-12-13-8-4-2-5-9-13/h2-11H,12H2,1H3. The van der Waals surface area contributed by atoms with Crippen molar-refractivity contribution >= 4 is 27.7 Å². The zero-order valence-corrected chi connectivity index (χ0v) is 13.2. The van der Waals surface area contributed by atoms with Crippen LogP contribution in [0.4, 0.5) is 0 Å².